The highest BCUT2D eigenvalue weighted by Gasteiger charge is 2.62. The molecule has 0 N–H and O–H groups in total. The molecule has 2 aromatic carbocycles. The maximum atomic E-state index is 13.6. The number of pyridine rings is 1. The number of piperazine rings is 1. The van der Waals surface area contributed by atoms with E-state index in [0.29, 0.717) is 35.1 Å². The van der Waals surface area contributed by atoms with E-state index < -0.39 is 6.04 Å². The molecule has 3 fully saturated rings. The van der Waals surface area contributed by atoms with Crippen LogP contribution in [0.3, 0.4) is 0 Å². The van der Waals surface area contributed by atoms with E-state index in [4.69, 9.17) is 0 Å². The second kappa shape index (κ2) is 7.85. The van der Waals surface area contributed by atoms with Crippen molar-refractivity contribution in [3.63, 3.8) is 0 Å². The average Bonchev–Trinajstić information content (AvgIpc) is 3.54. The quantitative estimate of drug-likeness (QED) is 0.430. The Bertz CT molecular complexity index is 1390. The third-order valence-electron chi connectivity index (χ3n) is 6.80. The van der Waals surface area contributed by atoms with Crippen LogP contribution in [-0.4, -0.2) is 63.1 Å². The zero-order chi connectivity index (χ0) is 23.4. The van der Waals surface area contributed by atoms with Crippen molar-refractivity contribution in [3.05, 3.63) is 66.4 Å². The molecule has 1 aromatic heterocycles. The lowest BCUT2D eigenvalue weighted by atomic mass is 10.1. The van der Waals surface area contributed by atoms with Gasteiger partial charge in [-0.25, -0.2) is 9.69 Å². The first-order valence-electron chi connectivity index (χ1n) is 11.0. The Morgan fingerprint density at radius 1 is 1.12 bits per heavy atom. The van der Waals surface area contributed by atoms with Gasteiger partial charge in [0.05, 0.1) is 34.6 Å². The van der Waals surface area contributed by atoms with Crippen LogP contribution >= 0.6 is 11.8 Å². The largest absolute Gasteiger partial charge is 0.334 e. The number of imide groups is 1. The van der Waals surface area contributed by atoms with Crippen LogP contribution < -0.4 is 4.90 Å². The summed E-state index contributed by atoms with van der Waals surface area (Å²) in [7, 11) is 0. The summed E-state index contributed by atoms with van der Waals surface area (Å²) in [6, 6.07) is 17.0. The van der Waals surface area contributed by atoms with E-state index in [1.54, 1.807) is 40.3 Å². The summed E-state index contributed by atoms with van der Waals surface area (Å²) in [5.41, 5.74) is 1.25. The molecule has 0 saturated carbocycles. The number of nitrogens with zero attached hydrogens (tertiary/aromatic N) is 5. The second-order valence-corrected chi connectivity index (χ2v) is 9.61. The number of thioether (sulfide) groups is 1. The third-order valence-corrected chi connectivity index (χ3v) is 7.80. The lowest BCUT2D eigenvalue weighted by molar-refractivity contribution is -0.133. The molecule has 6 rings (SSSR count). The average molecular weight is 470 g/mol. The van der Waals surface area contributed by atoms with Crippen molar-refractivity contribution in [3.8, 4) is 6.07 Å². The first-order chi connectivity index (χ1) is 16.6. The summed E-state index contributed by atoms with van der Waals surface area (Å²) in [5.74, 6) is -0.0640. The molecular formula is C25H19N5O3S. The highest BCUT2D eigenvalue weighted by atomic mass is 32.2. The molecule has 0 spiro atoms. The predicted molar refractivity (Wildman–Crippen MR) is 126 cm³/mol. The van der Waals surface area contributed by atoms with Crippen LogP contribution in [-0.2, 0) is 9.59 Å². The summed E-state index contributed by atoms with van der Waals surface area (Å²) in [6.07, 6.45) is 2.20. The number of fused-ring (bicyclic) bond motifs is 6. The van der Waals surface area contributed by atoms with Crippen molar-refractivity contribution >= 4 is 46.2 Å². The smallest absolute Gasteiger partial charge is 0.332 e. The van der Waals surface area contributed by atoms with Crippen LogP contribution in [0.25, 0.3) is 10.9 Å². The van der Waals surface area contributed by atoms with Crippen LogP contribution in [0.5, 0.6) is 0 Å². The van der Waals surface area contributed by atoms with E-state index in [9.17, 15) is 19.6 Å². The van der Waals surface area contributed by atoms with E-state index in [0.717, 1.165) is 4.90 Å². The zero-order valence-corrected chi connectivity index (χ0v) is 18.8. The number of hydrogen-bond donors (Lipinski definition) is 0. The van der Waals surface area contributed by atoms with Gasteiger partial charge in [-0.1, -0.05) is 18.2 Å². The Morgan fingerprint density at radius 2 is 1.94 bits per heavy atom. The van der Waals surface area contributed by atoms with Gasteiger partial charge in [0.15, 0.2) is 0 Å². The summed E-state index contributed by atoms with van der Waals surface area (Å²) >= 11 is 1.47. The molecule has 34 heavy (non-hydrogen) atoms. The van der Waals surface area contributed by atoms with E-state index in [1.165, 1.54) is 16.7 Å². The highest BCUT2D eigenvalue weighted by Crippen LogP contribution is 2.43. The van der Waals surface area contributed by atoms with E-state index in [1.807, 2.05) is 30.3 Å². The highest BCUT2D eigenvalue weighted by molar-refractivity contribution is 8.00. The maximum Gasteiger partial charge on any atom is 0.332 e. The number of amides is 4. The van der Waals surface area contributed by atoms with Gasteiger partial charge in [0.1, 0.15) is 12.1 Å². The van der Waals surface area contributed by atoms with E-state index in [2.05, 4.69) is 11.1 Å². The number of carbonyl (C=O) groups excluding carboxylic acids is 3. The van der Waals surface area contributed by atoms with E-state index >= 15 is 0 Å². The molecule has 168 valence electrons. The fourth-order valence-electron chi connectivity index (χ4n) is 5.35. The van der Waals surface area contributed by atoms with Crippen molar-refractivity contribution < 1.29 is 14.4 Å². The van der Waals surface area contributed by atoms with Crippen LogP contribution in [0.4, 0.5) is 10.5 Å². The Morgan fingerprint density at radius 3 is 2.74 bits per heavy atom. The minimum Gasteiger partial charge on any atom is -0.334 e. The number of carbonyl (C=O) groups is 3. The molecule has 8 nitrogen and oxygen atoms in total. The Labute approximate surface area is 199 Å². The Kier molecular flexibility index (Phi) is 4.78. The third kappa shape index (κ3) is 2.99. The van der Waals surface area contributed by atoms with Gasteiger partial charge in [-0.2, -0.15) is 5.26 Å². The van der Waals surface area contributed by atoms with Crippen molar-refractivity contribution in [2.75, 3.05) is 17.2 Å². The molecule has 3 aliphatic rings. The van der Waals surface area contributed by atoms with Crippen molar-refractivity contribution in [1.82, 2.24) is 14.8 Å². The maximum absolute atomic E-state index is 13.6. The summed E-state index contributed by atoms with van der Waals surface area (Å²) in [5, 5.41) is 9.99. The number of rotatable bonds is 4. The molecule has 9 heteroatoms. The standard InChI is InChI=1S/C25H19N5O3S/c26-12-15-8-9-19(18-7-4-10-27-22(15)18)30-24(32)23-20-11-16(29(23)25(30)33)13-28(20)21(31)14-34-17-5-2-1-3-6-17/h1-10,16,20,23H,11,13-14H2. The molecule has 0 aliphatic carbocycles. The molecule has 4 heterocycles. The molecular weight excluding hydrogens is 450 g/mol. The topological polar surface area (TPSA) is 97.6 Å². The van der Waals surface area contributed by atoms with Gasteiger partial charge in [0, 0.05) is 23.0 Å². The first-order valence-corrected chi connectivity index (χ1v) is 12.0. The number of likely N-dealkylation sites (tertiary alicyclic amines) is 1. The van der Waals surface area contributed by atoms with Crippen molar-refractivity contribution in [2.45, 2.75) is 29.4 Å². The van der Waals surface area contributed by atoms with Gasteiger partial charge >= 0.3 is 6.03 Å². The Hall–Kier alpha value is -3.90. The molecule has 3 aromatic rings. The molecule has 2 bridgehead atoms. The molecule has 3 saturated heterocycles. The van der Waals surface area contributed by atoms with Crippen molar-refractivity contribution in [2.24, 2.45) is 0 Å². The lowest BCUT2D eigenvalue weighted by Gasteiger charge is -2.34. The summed E-state index contributed by atoms with van der Waals surface area (Å²) in [6.45, 7) is 0.442. The molecule has 3 atom stereocenters. The predicted octanol–water partition coefficient (Wildman–Crippen LogP) is 3.02. The molecule has 3 aliphatic heterocycles. The van der Waals surface area contributed by atoms with Gasteiger partial charge < -0.3 is 9.80 Å². The fraction of sp³-hybridized carbons (Fsp3) is 0.240. The minimum absolute atomic E-state index is 0.0206. The van der Waals surface area contributed by atoms with Crippen LogP contribution in [0.1, 0.15) is 12.0 Å². The number of nitriles is 1. The molecule has 4 amide bonds. The van der Waals surface area contributed by atoms with Gasteiger partial charge in [0.25, 0.3) is 5.91 Å². The van der Waals surface area contributed by atoms with Crippen LogP contribution in [0.2, 0.25) is 0 Å². The van der Waals surface area contributed by atoms with Gasteiger partial charge in [-0.3, -0.25) is 14.6 Å². The lowest BCUT2D eigenvalue weighted by Crippen LogP contribution is -2.55. The van der Waals surface area contributed by atoms with E-state index in [-0.39, 0.29) is 35.7 Å². The fourth-order valence-corrected chi connectivity index (χ4v) is 6.16. The number of anilines is 1. The van der Waals surface area contributed by atoms with Gasteiger partial charge in [-0.15, -0.1) is 11.8 Å². The Balaban J connectivity index is 1.27. The normalized spacial score (nSPS) is 23.0. The van der Waals surface area contributed by atoms with Crippen LogP contribution in [0, 0.1) is 11.3 Å². The van der Waals surface area contributed by atoms with Gasteiger partial charge in [0.2, 0.25) is 5.91 Å². The SMILES string of the molecule is N#Cc1ccc(N2C(=O)C3C4CC(CN4C(=O)CSc4ccccc4)N3C2=O)c2cccnc12. The van der Waals surface area contributed by atoms with Gasteiger partial charge in [-0.05, 0) is 42.8 Å². The molecule has 0 radical (unpaired) electrons. The summed E-state index contributed by atoms with van der Waals surface area (Å²) in [4.78, 5) is 49.9. The number of aromatic nitrogens is 1. The number of benzene rings is 2. The first kappa shape index (κ1) is 20.7. The number of urea groups is 1. The molecule has 3 unspecified atom stereocenters. The second-order valence-electron chi connectivity index (χ2n) is 8.56. The number of hydrogen-bond acceptors (Lipinski definition) is 6. The van der Waals surface area contributed by atoms with Crippen LogP contribution in [0.15, 0.2) is 65.7 Å². The minimum atomic E-state index is -0.681. The summed E-state index contributed by atoms with van der Waals surface area (Å²) < 4.78 is 0. The zero-order valence-electron chi connectivity index (χ0n) is 18.0. The van der Waals surface area contributed by atoms with Crippen molar-refractivity contribution in [1.29, 1.82) is 5.26 Å². The monoisotopic (exact) mass is 469 g/mol.